The van der Waals surface area contributed by atoms with Crippen molar-refractivity contribution in [2.45, 2.75) is 18.7 Å². The van der Waals surface area contributed by atoms with E-state index >= 15 is 0 Å². The van der Waals surface area contributed by atoms with Crippen molar-refractivity contribution < 1.29 is 12.8 Å². The summed E-state index contributed by atoms with van der Waals surface area (Å²) >= 11 is 0. The first-order valence-electron chi connectivity index (χ1n) is 5.02. The van der Waals surface area contributed by atoms with Crippen LogP contribution in [0.4, 0.5) is 4.39 Å². The van der Waals surface area contributed by atoms with Crippen molar-refractivity contribution in [1.82, 2.24) is 4.72 Å². The molecule has 1 N–H and O–H groups in total. The van der Waals surface area contributed by atoms with Gasteiger partial charge >= 0.3 is 0 Å². The van der Waals surface area contributed by atoms with Gasteiger partial charge in [-0.1, -0.05) is 6.07 Å². The van der Waals surface area contributed by atoms with Crippen LogP contribution >= 0.6 is 0 Å². The van der Waals surface area contributed by atoms with Gasteiger partial charge in [0.25, 0.3) is 0 Å². The second-order valence-corrected chi connectivity index (χ2v) is 5.53. The van der Waals surface area contributed by atoms with Crippen LogP contribution in [0.1, 0.15) is 12.5 Å². The molecular weight excluding hydrogens is 243 g/mol. The fourth-order valence-corrected chi connectivity index (χ4v) is 2.61. The Hall–Kier alpha value is -1.45. The fraction of sp³-hybridized carbons (Fsp3) is 0.364. The maximum absolute atomic E-state index is 13.0. The lowest BCUT2D eigenvalue weighted by atomic mass is 10.2. The van der Waals surface area contributed by atoms with Crippen LogP contribution in [-0.2, 0) is 10.0 Å². The summed E-state index contributed by atoms with van der Waals surface area (Å²) in [6.07, 6.45) is 0. The summed E-state index contributed by atoms with van der Waals surface area (Å²) < 4.78 is 39.0. The minimum Gasteiger partial charge on any atom is -0.210 e. The molecule has 0 radical (unpaired) electrons. The number of sulfonamides is 1. The summed E-state index contributed by atoms with van der Waals surface area (Å²) in [7, 11) is -3.76. The van der Waals surface area contributed by atoms with Gasteiger partial charge in [-0.25, -0.2) is 17.5 Å². The van der Waals surface area contributed by atoms with Crippen LogP contribution in [0.2, 0.25) is 0 Å². The minimum absolute atomic E-state index is 0.00872. The number of halogens is 1. The van der Waals surface area contributed by atoms with E-state index in [4.69, 9.17) is 5.26 Å². The summed E-state index contributed by atoms with van der Waals surface area (Å²) in [5.41, 5.74) is 0.462. The Kier molecular flexibility index (Phi) is 4.21. The SMILES string of the molecule is Cc1ccc(F)cc1S(=O)(=O)NCC(C)C#N. The number of nitriles is 1. The monoisotopic (exact) mass is 256 g/mol. The Labute approximate surface area is 100 Å². The summed E-state index contributed by atoms with van der Waals surface area (Å²) in [5.74, 6) is -1.04. The van der Waals surface area contributed by atoms with Crippen molar-refractivity contribution >= 4 is 10.0 Å². The molecule has 1 aromatic rings. The Balaban J connectivity index is 2.98. The van der Waals surface area contributed by atoms with Gasteiger partial charge in [0.2, 0.25) is 10.0 Å². The molecule has 0 aliphatic carbocycles. The van der Waals surface area contributed by atoms with E-state index in [2.05, 4.69) is 4.72 Å². The summed E-state index contributed by atoms with van der Waals surface area (Å²) in [6.45, 7) is 3.19. The number of nitrogens with zero attached hydrogens (tertiary/aromatic N) is 1. The topological polar surface area (TPSA) is 70.0 Å². The Morgan fingerprint density at radius 2 is 2.18 bits per heavy atom. The smallest absolute Gasteiger partial charge is 0.210 e. The summed E-state index contributed by atoms with van der Waals surface area (Å²) in [6, 6.07) is 5.48. The lowest BCUT2D eigenvalue weighted by Crippen LogP contribution is -2.28. The predicted molar refractivity (Wildman–Crippen MR) is 61.1 cm³/mol. The van der Waals surface area contributed by atoms with Crippen molar-refractivity contribution in [3.63, 3.8) is 0 Å². The highest BCUT2D eigenvalue weighted by molar-refractivity contribution is 7.89. The summed E-state index contributed by atoms with van der Waals surface area (Å²) in [5, 5.41) is 8.56. The first-order chi connectivity index (χ1) is 7.86. The third-order valence-corrected chi connectivity index (χ3v) is 3.81. The first-order valence-corrected chi connectivity index (χ1v) is 6.50. The molecule has 0 amide bonds. The molecule has 1 rings (SSSR count). The van der Waals surface area contributed by atoms with E-state index in [1.165, 1.54) is 12.1 Å². The number of rotatable bonds is 4. The van der Waals surface area contributed by atoms with E-state index in [0.717, 1.165) is 6.07 Å². The summed E-state index contributed by atoms with van der Waals surface area (Å²) in [4.78, 5) is -0.0948. The number of hydrogen-bond donors (Lipinski definition) is 1. The second-order valence-electron chi connectivity index (χ2n) is 3.79. The maximum Gasteiger partial charge on any atom is 0.240 e. The van der Waals surface area contributed by atoms with Crippen LogP contribution in [0.15, 0.2) is 23.1 Å². The molecule has 1 unspecified atom stereocenters. The van der Waals surface area contributed by atoms with Crippen LogP contribution in [0.5, 0.6) is 0 Å². The molecule has 0 saturated carbocycles. The van der Waals surface area contributed by atoms with E-state index in [-0.39, 0.29) is 11.4 Å². The van der Waals surface area contributed by atoms with Gasteiger partial charge in [0.1, 0.15) is 5.82 Å². The zero-order chi connectivity index (χ0) is 13.1. The van der Waals surface area contributed by atoms with E-state index in [1.54, 1.807) is 13.8 Å². The fourth-order valence-electron chi connectivity index (χ4n) is 1.22. The van der Waals surface area contributed by atoms with Gasteiger partial charge in [-0.05, 0) is 31.5 Å². The molecule has 0 bridgehead atoms. The maximum atomic E-state index is 13.0. The number of benzene rings is 1. The van der Waals surface area contributed by atoms with E-state index in [9.17, 15) is 12.8 Å². The standard InChI is InChI=1S/C11H13FN2O2S/c1-8(6-13)7-14-17(15,16)11-5-10(12)4-3-9(11)2/h3-5,8,14H,7H2,1-2H3. The zero-order valence-electron chi connectivity index (χ0n) is 9.57. The van der Waals surface area contributed by atoms with Crippen LogP contribution < -0.4 is 4.72 Å². The highest BCUT2D eigenvalue weighted by atomic mass is 32.2. The lowest BCUT2D eigenvalue weighted by Gasteiger charge is -2.09. The average Bonchev–Trinajstić information content (AvgIpc) is 2.29. The van der Waals surface area contributed by atoms with Gasteiger partial charge in [0, 0.05) is 6.54 Å². The highest BCUT2D eigenvalue weighted by Crippen LogP contribution is 2.16. The van der Waals surface area contributed by atoms with Gasteiger partial charge in [-0.2, -0.15) is 5.26 Å². The molecule has 6 heteroatoms. The zero-order valence-corrected chi connectivity index (χ0v) is 10.4. The van der Waals surface area contributed by atoms with Crippen LogP contribution in [0.25, 0.3) is 0 Å². The molecule has 92 valence electrons. The van der Waals surface area contributed by atoms with Crippen molar-refractivity contribution in [2.24, 2.45) is 5.92 Å². The molecule has 0 fully saturated rings. The van der Waals surface area contributed by atoms with Gasteiger partial charge in [0.15, 0.2) is 0 Å². The molecule has 0 spiro atoms. The molecule has 0 aliphatic heterocycles. The largest absolute Gasteiger partial charge is 0.240 e. The van der Waals surface area contributed by atoms with E-state index in [1.807, 2.05) is 6.07 Å². The van der Waals surface area contributed by atoms with Crippen molar-refractivity contribution in [2.75, 3.05) is 6.54 Å². The van der Waals surface area contributed by atoms with E-state index in [0.29, 0.717) is 5.56 Å². The first kappa shape index (κ1) is 13.6. The lowest BCUT2D eigenvalue weighted by molar-refractivity contribution is 0.568. The molecular formula is C11H13FN2O2S. The number of aryl methyl sites for hydroxylation is 1. The van der Waals surface area contributed by atoms with Gasteiger partial charge < -0.3 is 0 Å². The molecule has 0 aromatic heterocycles. The van der Waals surface area contributed by atoms with Gasteiger partial charge in [-0.15, -0.1) is 0 Å². The number of nitrogens with one attached hydrogen (secondary N) is 1. The Morgan fingerprint density at radius 1 is 1.53 bits per heavy atom. The Bertz CT molecular complexity index is 549. The quantitative estimate of drug-likeness (QED) is 0.889. The van der Waals surface area contributed by atoms with Gasteiger partial charge in [0.05, 0.1) is 16.9 Å². The number of hydrogen-bond acceptors (Lipinski definition) is 3. The molecule has 1 aromatic carbocycles. The van der Waals surface area contributed by atoms with E-state index < -0.39 is 21.8 Å². The van der Waals surface area contributed by atoms with Crippen LogP contribution in [0.3, 0.4) is 0 Å². The van der Waals surface area contributed by atoms with Crippen LogP contribution in [-0.4, -0.2) is 15.0 Å². The normalized spacial score (nSPS) is 13.1. The predicted octanol–water partition coefficient (Wildman–Crippen LogP) is 1.57. The highest BCUT2D eigenvalue weighted by Gasteiger charge is 2.18. The average molecular weight is 256 g/mol. The molecule has 4 nitrogen and oxygen atoms in total. The third kappa shape index (κ3) is 3.51. The van der Waals surface area contributed by atoms with Crippen molar-refractivity contribution in [1.29, 1.82) is 5.26 Å². The van der Waals surface area contributed by atoms with Crippen LogP contribution in [0, 0.1) is 30.0 Å². The van der Waals surface area contributed by atoms with Gasteiger partial charge in [-0.3, -0.25) is 0 Å². The molecule has 0 heterocycles. The Morgan fingerprint density at radius 3 is 2.76 bits per heavy atom. The van der Waals surface area contributed by atoms with Crippen molar-refractivity contribution in [3.05, 3.63) is 29.6 Å². The molecule has 17 heavy (non-hydrogen) atoms. The second kappa shape index (κ2) is 5.25. The molecule has 1 atom stereocenters. The minimum atomic E-state index is -3.76. The molecule has 0 saturated heterocycles. The molecule has 0 aliphatic rings. The van der Waals surface area contributed by atoms with Crippen molar-refractivity contribution in [3.8, 4) is 6.07 Å². The third-order valence-electron chi connectivity index (χ3n) is 2.24.